The molecule has 3 nitrogen and oxygen atoms in total. The molecule has 0 aromatic carbocycles. The highest BCUT2D eigenvalue weighted by Gasteiger charge is 2.30. The van der Waals surface area contributed by atoms with Gasteiger partial charge in [0.2, 0.25) is 0 Å². The van der Waals surface area contributed by atoms with E-state index in [1.165, 1.54) is 5.56 Å². The van der Waals surface area contributed by atoms with Gasteiger partial charge < -0.3 is 10.6 Å². The van der Waals surface area contributed by atoms with Crippen LogP contribution in [0.1, 0.15) is 33.3 Å². The van der Waals surface area contributed by atoms with Crippen molar-refractivity contribution in [1.82, 2.24) is 9.88 Å². The van der Waals surface area contributed by atoms with Gasteiger partial charge in [0, 0.05) is 31.0 Å². The molecule has 0 aliphatic rings. The summed E-state index contributed by atoms with van der Waals surface area (Å²) in [6.45, 7) is 9.88. The number of hydrogen-bond acceptors (Lipinski definition) is 3. The van der Waals surface area contributed by atoms with Gasteiger partial charge in [-0.05, 0) is 43.5 Å². The Balaban J connectivity index is 2.60. The third-order valence-corrected chi connectivity index (χ3v) is 3.36. The Morgan fingerprint density at radius 2 is 1.83 bits per heavy atom. The molecule has 0 saturated heterocycles. The predicted molar refractivity (Wildman–Crippen MR) is 77.5 cm³/mol. The molecular formula is C15H27N3. The van der Waals surface area contributed by atoms with Gasteiger partial charge in [-0.25, -0.2) is 0 Å². The smallest absolute Gasteiger partial charge is 0.0289 e. The third-order valence-electron chi connectivity index (χ3n) is 3.36. The molecule has 2 N–H and O–H groups in total. The van der Waals surface area contributed by atoms with Gasteiger partial charge in [0.15, 0.2) is 0 Å². The van der Waals surface area contributed by atoms with Crippen LogP contribution >= 0.6 is 0 Å². The fourth-order valence-electron chi connectivity index (χ4n) is 2.85. The average Bonchev–Trinajstić information content (AvgIpc) is 2.25. The van der Waals surface area contributed by atoms with E-state index in [4.69, 9.17) is 5.73 Å². The molecule has 102 valence electrons. The number of pyridine rings is 1. The molecule has 18 heavy (non-hydrogen) atoms. The molecule has 0 spiro atoms. The zero-order valence-corrected chi connectivity index (χ0v) is 12.4. The lowest BCUT2D eigenvalue weighted by molar-refractivity contribution is 0.108. The summed E-state index contributed by atoms with van der Waals surface area (Å²) in [4.78, 5) is 6.42. The summed E-state index contributed by atoms with van der Waals surface area (Å²) in [6.07, 6.45) is 4.74. The van der Waals surface area contributed by atoms with Crippen LogP contribution < -0.4 is 5.73 Å². The largest absolute Gasteiger partial charge is 0.327 e. The molecule has 0 saturated carbocycles. The lowest BCUT2D eigenvalue weighted by Crippen LogP contribution is -2.52. The van der Waals surface area contributed by atoms with Gasteiger partial charge in [-0.1, -0.05) is 20.8 Å². The number of rotatable bonds is 5. The molecule has 1 aromatic heterocycles. The lowest BCUT2D eigenvalue weighted by atomic mass is 9.82. The summed E-state index contributed by atoms with van der Waals surface area (Å²) < 4.78 is 0. The maximum atomic E-state index is 6.14. The highest BCUT2D eigenvalue weighted by molar-refractivity contribution is 5.10. The second-order valence-electron chi connectivity index (χ2n) is 6.26. The molecule has 1 rings (SSSR count). The Morgan fingerprint density at radius 3 is 2.28 bits per heavy atom. The Hall–Kier alpha value is -0.930. The highest BCUT2D eigenvalue weighted by Crippen LogP contribution is 2.25. The van der Waals surface area contributed by atoms with Gasteiger partial charge in [-0.3, -0.25) is 4.98 Å². The number of hydrogen-bond donors (Lipinski definition) is 1. The van der Waals surface area contributed by atoms with Gasteiger partial charge in [-0.2, -0.15) is 0 Å². The fourth-order valence-corrected chi connectivity index (χ4v) is 2.85. The molecule has 0 bridgehead atoms. The van der Waals surface area contributed by atoms with Crippen LogP contribution in [0.25, 0.3) is 0 Å². The maximum absolute atomic E-state index is 6.14. The van der Waals surface area contributed by atoms with E-state index in [1.54, 1.807) is 0 Å². The minimum Gasteiger partial charge on any atom is -0.327 e. The molecule has 0 fully saturated rings. The second-order valence-corrected chi connectivity index (χ2v) is 6.26. The number of nitrogens with zero attached hydrogens (tertiary/aromatic N) is 2. The summed E-state index contributed by atoms with van der Waals surface area (Å²) in [5, 5.41) is 0. The van der Waals surface area contributed by atoms with Crippen molar-refractivity contribution in [2.24, 2.45) is 11.1 Å². The molecule has 1 heterocycles. The van der Waals surface area contributed by atoms with E-state index in [9.17, 15) is 0 Å². The molecule has 2 unspecified atom stereocenters. The van der Waals surface area contributed by atoms with Gasteiger partial charge in [0.05, 0.1) is 0 Å². The minimum atomic E-state index is 0.174. The summed E-state index contributed by atoms with van der Waals surface area (Å²) >= 11 is 0. The van der Waals surface area contributed by atoms with Crippen LogP contribution in [-0.4, -0.2) is 35.6 Å². The summed E-state index contributed by atoms with van der Waals surface area (Å²) in [7, 11) is 2.17. The van der Waals surface area contributed by atoms with Crippen molar-refractivity contribution in [2.75, 3.05) is 13.6 Å². The molecule has 0 aliphatic carbocycles. The first-order chi connectivity index (χ1) is 8.32. The number of likely N-dealkylation sites (N-methyl/N-ethyl adjacent to an activating group) is 1. The van der Waals surface area contributed by atoms with Crippen LogP contribution in [0.15, 0.2) is 24.5 Å². The Labute approximate surface area is 111 Å². The van der Waals surface area contributed by atoms with E-state index < -0.39 is 0 Å². The lowest BCUT2D eigenvalue weighted by Gasteiger charge is -2.40. The van der Waals surface area contributed by atoms with Crippen molar-refractivity contribution in [3.63, 3.8) is 0 Å². The average molecular weight is 249 g/mol. The standard InChI is InChI=1S/C15H27N3/c1-12(16)14(15(2,3)4)18(5)11-8-13-6-9-17-10-7-13/h6-7,9-10,12,14H,8,11,16H2,1-5H3. The third kappa shape index (κ3) is 4.39. The zero-order valence-electron chi connectivity index (χ0n) is 12.4. The van der Waals surface area contributed by atoms with E-state index in [1.807, 2.05) is 12.4 Å². The molecule has 2 atom stereocenters. The Kier molecular flexibility index (Phi) is 5.29. The monoisotopic (exact) mass is 249 g/mol. The molecule has 1 aromatic rings. The quantitative estimate of drug-likeness (QED) is 0.871. The minimum absolute atomic E-state index is 0.174. The normalized spacial score (nSPS) is 15.7. The van der Waals surface area contributed by atoms with Gasteiger partial charge in [0.1, 0.15) is 0 Å². The van der Waals surface area contributed by atoms with Crippen LogP contribution in [0.4, 0.5) is 0 Å². The molecule has 0 amide bonds. The molecule has 3 heteroatoms. The molecular weight excluding hydrogens is 222 g/mol. The first-order valence-electron chi connectivity index (χ1n) is 6.67. The first kappa shape index (κ1) is 15.1. The second kappa shape index (κ2) is 6.30. The summed E-state index contributed by atoms with van der Waals surface area (Å²) in [5.74, 6) is 0. The number of aromatic nitrogens is 1. The summed E-state index contributed by atoms with van der Waals surface area (Å²) in [6, 6.07) is 4.71. The van der Waals surface area contributed by atoms with Gasteiger partial charge in [0.25, 0.3) is 0 Å². The van der Waals surface area contributed by atoms with Crippen molar-refractivity contribution >= 4 is 0 Å². The van der Waals surface area contributed by atoms with Crippen molar-refractivity contribution in [3.8, 4) is 0 Å². The Bertz CT molecular complexity index is 341. The van der Waals surface area contributed by atoms with Crippen LogP contribution in [0.5, 0.6) is 0 Å². The SMILES string of the molecule is CC(N)C(N(C)CCc1ccncc1)C(C)(C)C. The predicted octanol–water partition coefficient (Wildman–Crippen LogP) is 2.32. The van der Waals surface area contributed by atoms with E-state index in [0.717, 1.165) is 13.0 Å². The molecule has 0 radical (unpaired) electrons. The fraction of sp³-hybridized carbons (Fsp3) is 0.667. The summed E-state index contributed by atoms with van der Waals surface area (Å²) in [5.41, 5.74) is 7.66. The van der Waals surface area contributed by atoms with E-state index >= 15 is 0 Å². The van der Waals surface area contributed by atoms with E-state index in [-0.39, 0.29) is 11.5 Å². The zero-order chi connectivity index (χ0) is 13.8. The van der Waals surface area contributed by atoms with Crippen molar-refractivity contribution < 1.29 is 0 Å². The van der Waals surface area contributed by atoms with E-state index in [0.29, 0.717) is 6.04 Å². The van der Waals surface area contributed by atoms with E-state index in [2.05, 4.69) is 56.8 Å². The number of nitrogens with two attached hydrogens (primary N) is 1. The Morgan fingerprint density at radius 1 is 1.28 bits per heavy atom. The maximum Gasteiger partial charge on any atom is 0.0289 e. The van der Waals surface area contributed by atoms with Crippen LogP contribution in [-0.2, 0) is 6.42 Å². The van der Waals surface area contributed by atoms with Crippen LogP contribution in [0.3, 0.4) is 0 Å². The van der Waals surface area contributed by atoms with Crippen LogP contribution in [0, 0.1) is 5.41 Å². The van der Waals surface area contributed by atoms with Gasteiger partial charge >= 0.3 is 0 Å². The van der Waals surface area contributed by atoms with Crippen molar-refractivity contribution in [1.29, 1.82) is 0 Å². The van der Waals surface area contributed by atoms with Crippen molar-refractivity contribution in [3.05, 3.63) is 30.1 Å². The van der Waals surface area contributed by atoms with Gasteiger partial charge in [-0.15, -0.1) is 0 Å². The van der Waals surface area contributed by atoms with Crippen molar-refractivity contribution in [2.45, 2.75) is 46.2 Å². The topological polar surface area (TPSA) is 42.1 Å². The highest BCUT2D eigenvalue weighted by atomic mass is 15.2. The molecule has 0 aliphatic heterocycles. The first-order valence-corrected chi connectivity index (χ1v) is 6.67. The van der Waals surface area contributed by atoms with Crippen LogP contribution in [0.2, 0.25) is 0 Å².